The van der Waals surface area contributed by atoms with E-state index in [4.69, 9.17) is 4.98 Å². The summed E-state index contributed by atoms with van der Waals surface area (Å²) in [6, 6.07) is 8.43. The van der Waals surface area contributed by atoms with Gasteiger partial charge in [0.25, 0.3) is 0 Å². The highest BCUT2D eigenvalue weighted by Crippen LogP contribution is 2.29. The van der Waals surface area contributed by atoms with Crippen LogP contribution in [0.1, 0.15) is 38.1 Å². The van der Waals surface area contributed by atoms with E-state index in [9.17, 15) is 4.79 Å². The van der Waals surface area contributed by atoms with Crippen molar-refractivity contribution in [3.8, 4) is 16.3 Å². The van der Waals surface area contributed by atoms with Crippen molar-refractivity contribution in [2.24, 2.45) is 5.92 Å². The number of aromatic nitrogens is 6. The summed E-state index contributed by atoms with van der Waals surface area (Å²) in [6.45, 7) is 5.77. The highest BCUT2D eigenvalue weighted by Gasteiger charge is 2.27. The van der Waals surface area contributed by atoms with Crippen LogP contribution in [0.2, 0.25) is 0 Å². The van der Waals surface area contributed by atoms with Gasteiger partial charge in [0.15, 0.2) is 5.65 Å². The molecule has 0 aliphatic heterocycles. The second kappa shape index (κ2) is 9.38. The minimum absolute atomic E-state index is 0.00657. The van der Waals surface area contributed by atoms with E-state index in [1.165, 1.54) is 0 Å². The number of carbonyl (C=O) groups is 1. The summed E-state index contributed by atoms with van der Waals surface area (Å²) in [6.07, 6.45) is 4.54. The normalized spacial score (nSPS) is 18.0. The van der Waals surface area contributed by atoms with Gasteiger partial charge in [-0.05, 0) is 66.4 Å². The van der Waals surface area contributed by atoms with Crippen LogP contribution in [0.15, 0.2) is 35.1 Å². The molecule has 1 aliphatic carbocycles. The van der Waals surface area contributed by atoms with E-state index >= 15 is 0 Å². The average Bonchev–Trinajstić information content (AvgIpc) is 3.53. The third-order valence-electron chi connectivity index (χ3n) is 5.90. The zero-order valence-corrected chi connectivity index (χ0v) is 21.5. The standard InChI is InChI=1S/C23H25BrN8OS/c1-12(2)21(33)26-15-6-7-16(10-15)27-23-25-11-18-19(24)31-32(20(18)28-23)17-8-4-14(5-9-17)22-30-29-13(3)34-22/h4-5,8-9,11-12,15-16H,6-7,10H2,1-3H3,(H,26,33)(H,25,27,28)/t15-,16-/m1/s1. The van der Waals surface area contributed by atoms with Crippen LogP contribution in [0.3, 0.4) is 0 Å². The Balaban J connectivity index is 1.35. The Hall–Kier alpha value is -2.92. The van der Waals surface area contributed by atoms with Crippen molar-refractivity contribution >= 4 is 50.2 Å². The average molecular weight is 541 g/mol. The Kier molecular flexibility index (Phi) is 6.30. The molecule has 3 heterocycles. The molecule has 1 aromatic carbocycles. The second-order valence-corrected chi connectivity index (χ2v) is 10.8. The van der Waals surface area contributed by atoms with Crippen molar-refractivity contribution < 1.29 is 4.79 Å². The molecule has 176 valence electrons. The highest BCUT2D eigenvalue weighted by molar-refractivity contribution is 9.10. The van der Waals surface area contributed by atoms with Crippen molar-refractivity contribution in [2.75, 3.05) is 5.32 Å². The Morgan fingerprint density at radius 1 is 1.18 bits per heavy atom. The van der Waals surface area contributed by atoms with Crippen LogP contribution in [0.25, 0.3) is 27.3 Å². The van der Waals surface area contributed by atoms with E-state index < -0.39 is 0 Å². The SMILES string of the molecule is Cc1nnc(-c2ccc(-n3nc(Br)c4cnc(N[C@@H]5CC[C@@H](NC(=O)C(C)C)C5)nc43)cc2)s1. The number of aryl methyl sites for hydroxylation is 1. The quantitative estimate of drug-likeness (QED) is 0.370. The molecule has 34 heavy (non-hydrogen) atoms. The fraction of sp³-hybridized carbons (Fsp3) is 0.391. The van der Waals surface area contributed by atoms with E-state index in [-0.39, 0.29) is 23.9 Å². The minimum atomic E-state index is -0.00657. The van der Waals surface area contributed by atoms with Crippen LogP contribution >= 0.6 is 27.3 Å². The maximum absolute atomic E-state index is 12.0. The number of halogens is 1. The summed E-state index contributed by atoms with van der Waals surface area (Å²) in [5.41, 5.74) is 2.62. The number of rotatable bonds is 6. The molecule has 0 spiro atoms. The molecular formula is C23H25BrN8OS. The number of amides is 1. The summed E-state index contributed by atoms with van der Waals surface area (Å²) in [5, 5.41) is 22.2. The largest absolute Gasteiger partial charge is 0.353 e. The highest BCUT2D eigenvalue weighted by atomic mass is 79.9. The zero-order valence-electron chi connectivity index (χ0n) is 19.1. The molecule has 3 aromatic heterocycles. The topological polar surface area (TPSA) is 111 Å². The molecule has 4 aromatic rings. The predicted molar refractivity (Wildman–Crippen MR) is 136 cm³/mol. The van der Waals surface area contributed by atoms with E-state index in [0.717, 1.165) is 45.9 Å². The fourth-order valence-corrected chi connectivity index (χ4v) is 5.21. The van der Waals surface area contributed by atoms with E-state index in [2.05, 4.69) is 46.8 Å². The molecule has 0 saturated heterocycles. The fourth-order valence-electron chi connectivity index (χ4n) is 4.07. The van der Waals surface area contributed by atoms with Crippen LogP contribution in [0, 0.1) is 12.8 Å². The first-order valence-electron chi connectivity index (χ1n) is 11.3. The Morgan fingerprint density at radius 2 is 1.94 bits per heavy atom. The lowest BCUT2D eigenvalue weighted by molar-refractivity contribution is -0.124. The summed E-state index contributed by atoms with van der Waals surface area (Å²) in [4.78, 5) is 21.3. The van der Waals surface area contributed by atoms with Gasteiger partial charge >= 0.3 is 0 Å². The molecule has 2 N–H and O–H groups in total. The number of nitrogens with one attached hydrogen (secondary N) is 2. The third-order valence-corrected chi connectivity index (χ3v) is 7.37. The lowest BCUT2D eigenvalue weighted by Crippen LogP contribution is -2.36. The molecule has 0 radical (unpaired) electrons. The van der Waals surface area contributed by atoms with Gasteiger partial charge in [-0.1, -0.05) is 25.2 Å². The lowest BCUT2D eigenvalue weighted by Gasteiger charge is -2.16. The van der Waals surface area contributed by atoms with Crippen molar-refractivity contribution in [1.82, 2.24) is 35.3 Å². The monoisotopic (exact) mass is 540 g/mol. The molecule has 1 fully saturated rings. The first-order chi connectivity index (χ1) is 16.4. The molecule has 9 nitrogen and oxygen atoms in total. The Morgan fingerprint density at radius 3 is 2.65 bits per heavy atom. The van der Waals surface area contributed by atoms with Crippen molar-refractivity contribution in [3.63, 3.8) is 0 Å². The van der Waals surface area contributed by atoms with E-state index in [0.29, 0.717) is 16.2 Å². The number of carbonyl (C=O) groups excluding carboxylic acids is 1. The molecule has 11 heteroatoms. The predicted octanol–water partition coefficient (Wildman–Crippen LogP) is 4.51. The summed E-state index contributed by atoms with van der Waals surface area (Å²) in [7, 11) is 0. The Labute approximate surface area is 209 Å². The lowest BCUT2D eigenvalue weighted by atomic mass is 10.1. The number of benzene rings is 1. The van der Waals surface area contributed by atoms with Crippen LogP contribution in [0.4, 0.5) is 5.95 Å². The maximum atomic E-state index is 12.0. The molecular weight excluding hydrogens is 516 g/mol. The molecule has 5 rings (SSSR count). The first kappa shape index (κ1) is 22.9. The number of anilines is 1. The van der Waals surface area contributed by atoms with Gasteiger partial charge < -0.3 is 10.6 Å². The smallest absolute Gasteiger partial charge is 0.224 e. The maximum Gasteiger partial charge on any atom is 0.224 e. The third kappa shape index (κ3) is 4.67. The zero-order chi connectivity index (χ0) is 23.8. The number of fused-ring (bicyclic) bond motifs is 1. The van der Waals surface area contributed by atoms with Gasteiger partial charge in [-0.15, -0.1) is 10.2 Å². The summed E-state index contributed by atoms with van der Waals surface area (Å²) in [5.74, 6) is 0.653. The van der Waals surface area contributed by atoms with Crippen LogP contribution in [-0.2, 0) is 4.79 Å². The van der Waals surface area contributed by atoms with E-state index in [1.54, 1.807) is 17.5 Å². The van der Waals surface area contributed by atoms with Crippen LogP contribution in [-0.4, -0.2) is 47.9 Å². The first-order valence-corrected chi connectivity index (χ1v) is 12.9. The van der Waals surface area contributed by atoms with Crippen molar-refractivity contribution in [3.05, 3.63) is 40.1 Å². The second-order valence-electron chi connectivity index (χ2n) is 8.82. The molecule has 0 bridgehead atoms. The summed E-state index contributed by atoms with van der Waals surface area (Å²) < 4.78 is 2.50. The van der Waals surface area contributed by atoms with Gasteiger partial charge in [-0.2, -0.15) is 10.1 Å². The van der Waals surface area contributed by atoms with E-state index in [1.807, 2.05) is 49.7 Å². The molecule has 0 unspecified atom stereocenters. The van der Waals surface area contributed by atoms with Crippen molar-refractivity contribution in [2.45, 2.75) is 52.1 Å². The van der Waals surface area contributed by atoms with Crippen LogP contribution < -0.4 is 10.6 Å². The van der Waals surface area contributed by atoms with Gasteiger partial charge in [-0.25, -0.2) is 9.67 Å². The van der Waals surface area contributed by atoms with Gasteiger partial charge in [0.2, 0.25) is 11.9 Å². The number of nitrogens with zero attached hydrogens (tertiary/aromatic N) is 6. The molecule has 2 atom stereocenters. The van der Waals surface area contributed by atoms with Gasteiger partial charge in [0, 0.05) is 29.8 Å². The molecule has 1 saturated carbocycles. The molecule has 1 aliphatic rings. The Bertz CT molecular complexity index is 1330. The van der Waals surface area contributed by atoms with Crippen molar-refractivity contribution in [1.29, 1.82) is 0 Å². The van der Waals surface area contributed by atoms with Crippen LogP contribution in [0.5, 0.6) is 0 Å². The number of hydrogen-bond donors (Lipinski definition) is 2. The molecule has 1 amide bonds. The van der Waals surface area contributed by atoms with Gasteiger partial charge in [-0.3, -0.25) is 4.79 Å². The number of hydrogen-bond acceptors (Lipinski definition) is 8. The van der Waals surface area contributed by atoms with Gasteiger partial charge in [0.05, 0.1) is 11.1 Å². The summed E-state index contributed by atoms with van der Waals surface area (Å²) >= 11 is 5.10. The minimum Gasteiger partial charge on any atom is -0.353 e. The van der Waals surface area contributed by atoms with Gasteiger partial charge in [0.1, 0.15) is 14.6 Å².